The average molecular weight is 581 g/mol. The van der Waals surface area contributed by atoms with Gasteiger partial charge in [-0.25, -0.2) is 22.0 Å². The van der Waals surface area contributed by atoms with Gasteiger partial charge in [0.1, 0.15) is 29.1 Å². The van der Waals surface area contributed by atoms with Crippen LogP contribution in [-0.2, 0) is 19.3 Å². The Balaban J connectivity index is 1.34. The molecule has 216 valence electrons. The van der Waals surface area contributed by atoms with E-state index >= 15 is 17.6 Å². The summed E-state index contributed by atoms with van der Waals surface area (Å²) < 4.78 is 74.5. The summed E-state index contributed by atoms with van der Waals surface area (Å²) in [6.07, 6.45) is 1.48. The molecule has 5 heteroatoms. The van der Waals surface area contributed by atoms with Crippen molar-refractivity contribution in [1.82, 2.24) is 0 Å². The Morgan fingerprint density at radius 3 is 1.60 bits per heavy atom. The largest absolute Gasteiger partial charge is 0.207 e. The molecule has 5 aromatic rings. The minimum absolute atomic E-state index is 0.0346. The van der Waals surface area contributed by atoms with Gasteiger partial charge in [0.25, 0.3) is 0 Å². The predicted octanol–water partition coefficient (Wildman–Crippen LogP) is 10.1. The summed E-state index contributed by atoms with van der Waals surface area (Å²) in [7, 11) is 0. The fourth-order valence-electron chi connectivity index (χ4n) is 5.08. The number of hydrogen-bond donors (Lipinski definition) is 0. The quantitative estimate of drug-likeness (QED) is 0.139. The highest BCUT2D eigenvalue weighted by molar-refractivity contribution is 5.68. The van der Waals surface area contributed by atoms with E-state index in [1.807, 2.05) is 50.2 Å². The Bertz CT molecular complexity index is 1810. The maximum absolute atomic E-state index is 15.1. The smallest absolute Gasteiger partial charge is 0.135 e. The Hall–Kier alpha value is -4.69. The van der Waals surface area contributed by atoms with Gasteiger partial charge in [-0.05, 0) is 96.8 Å². The van der Waals surface area contributed by atoms with Crippen molar-refractivity contribution < 1.29 is 22.0 Å². The maximum Gasteiger partial charge on any atom is 0.135 e. The average Bonchev–Trinajstić information content (AvgIpc) is 2.98. The van der Waals surface area contributed by atoms with Crippen LogP contribution in [0.5, 0.6) is 0 Å². The molecule has 0 amide bonds. The lowest BCUT2D eigenvalue weighted by Gasteiger charge is -2.11. The summed E-state index contributed by atoms with van der Waals surface area (Å²) in [5.74, 6) is 0.583. The van der Waals surface area contributed by atoms with Crippen LogP contribution in [0.3, 0.4) is 0 Å². The minimum Gasteiger partial charge on any atom is -0.207 e. The lowest BCUT2D eigenvalue weighted by atomic mass is 9.96. The van der Waals surface area contributed by atoms with Crippen molar-refractivity contribution in [3.63, 3.8) is 0 Å². The lowest BCUT2D eigenvalue weighted by Crippen LogP contribution is -2.01. The van der Waals surface area contributed by atoms with Crippen molar-refractivity contribution in [2.24, 2.45) is 0 Å². The van der Waals surface area contributed by atoms with E-state index in [1.54, 1.807) is 13.0 Å². The second kappa shape index (κ2) is 12.7. The van der Waals surface area contributed by atoms with Gasteiger partial charge in [-0.2, -0.15) is 0 Å². The highest BCUT2D eigenvalue weighted by Gasteiger charge is 2.21. The summed E-state index contributed by atoms with van der Waals surface area (Å²) >= 11 is 0. The Labute approximate surface area is 248 Å². The fourth-order valence-corrected chi connectivity index (χ4v) is 5.08. The van der Waals surface area contributed by atoms with Crippen molar-refractivity contribution in [3.8, 4) is 34.1 Å². The van der Waals surface area contributed by atoms with Gasteiger partial charge in [-0.1, -0.05) is 78.9 Å². The van der Waals surface area contributed by atoms with Gasteiger partial charge >= 0.3 is 0 Å². The fraction of sp³-hybridized carbons (Fsp3) is 0.158. The maximum atomic E-state index is 15.1. The van der Waals surface area contributed by atoms with Crippen molar-refractivity contribution >= 4 is 0 Å². The molecule has 0 radical (unpaired) electrons. The van der Waals surface area contributed by atoms with E-state index in [0.29, 0.717) is 36.0 Å². The van der Waals surface area contributed by atoms with Crippen LogP contribution in [0, 0.1) is 54.8 Å². The van der Waals surface area contributed by atoms with Gasteiger partial charge < -0.3 is 0 Å². The molecule has 0 aliphatic heterocycles. The molecule has 0 unspecified atom stereocenters. The van der Waals surface area contributed by atoms with E-state index in [4.69, 9.17) is 0 Å². The van der Waals surface area contributed by atoms with Gasteiger partial charge in [-0.3, -0.25) is 0 Å². The van der Waals surface area contributed by atoms with Gasteiger partial charge in [0.15, 0.2) is 0 Å². The second-order valence-corrected chi connectivity index (χ2v) is 10.7. The minimum atomic E-state index is -1.14. The molecule has 0 N–H and O–H groups in total. The van der Waals surface area contributed by atoms with E-state index < -0.39 is 40.2 Å². The number of aryl methyl sites for hydroxylation is 5. The molecule has 0 aliphatic carbocycles. The third-order valence-corrected chi connectivity index (χ3v) is 7.54. The molecule has 5 rings (SSSR count). The molecule has 5 aromatic carbocycles. The standard InChI is InChI=1S/C38H29F5/c1-4-28-17-24(3)32(39)22-31(28)16-11-27-20-35(42)38(36(43)21-27)37-33(40)18-26(19-34(37)41)8-7-25-9-14-30(15-10-25)29-12-5-23(2)6-13-29/h5-6,9-10,12-15,17-22H,4,7-8H2,1-3H3. The van der Waals surface area contributed by atoms with Crippen molar-refractivity contribution in [2.75, 3.05) is 0 Å². The summed E-state index contributed by atoms with van der Waals surface area (Å²) in [5.41, 5.74) is 4.81. The molecule has 43 heavy (non-hydrogen) atoms. The van der Waals surface area contributed by atoms with Crippen LogP contribution in [0.15, 0.2) is 84.9 Å². The number of benzene rings is 5. The molecule has 0 fully saturated rings. The van der Waals surface area contributed by atoms with E-state index in [0.717, 1.165) is 46.5 Å². The van der Waals surface area contributed by atoms with Crippen LogP contribution in [0.25, 0.3) is 22.3 Å². The van der Waals surface area contributed by atoms with Gasteiger partial charge in [0.05, 0.1) is 11.1 Å². The predicted molar refractivity (Wildman–Crippen MR) is 162 cm³/mol. The molecule has 0 bridgehead atoms. The SMILES string of the molecule is CCc1cc(C)c(F)cc1C#Cc1cc(F)c(-c2c(F)cc(CCc3ccc(-c4ccc(C)cc4)cc3)cc2F)c(F)c1. The van der Waals surface area contributed by atoms with Crippen LogP contribution in [0.2, 0.25) is 0 Å². The van der Waals surface area contributed by atoms with E-state index in [2.05, 4.69) is 24.0 Å². The highest BCUT2D eigenvalue weighted by Crippen LogP contribution is 2.33. The first-order chi connectivity index (χ1) is 20.6. The normalized spacial score (nSPS) is 10.9. The Morgan fingerprint density at radius 2 is 1.05 bits per heavy atom. The van der Waals surface area contributed by atoms with Crippen LogP contribution in [0.4, 0.5) is 22.0 Å². The van der Waals surface area contributed by atoms with Crippen molar-refractivity contribution in [1.29, 1.82) is 0 Å². The summed E-state index contributed by atoms with van der Waals surface area (Å²) in [5, 5.41) is 0. The van der Waals surface area contributed by atoms with Crippen LogP contribution in [0.1, 0.15) is 45.9 Å². The number of rotatable bonds is 6. The van der Waals surface area contributed by atoms with Gasteiger partial charge in [0.2, 0.25) is 0 Å². The number of halogens is 5. The van der Waals surface area contributed by atoms with Gasteiger partial charge in [0, 0.05) is 11.1 Å². The summed E-state index contributed by atoms with van der Waals surface area (Å²) in [4.78, 5) is 0. The van der Waals surface area contributed by atoms with Gasteiger partial charge in [-0.15, -0.1) is 0 Å². The highest BCUT2D eigenvalue weighted by atomic mass is 19.1. The Kier molecular flexibility index (Phi) is 8.78. The molecule has 0 nitrogen and oxygen atoms in total. The first-order valence-corrected chi connectivity index (χ1v) is 14.1. The zero-order chi connectivity index (χ0) is 30.7. The lowest BCUT2D eigenvalue weighted by molar-refractivity contribution is 0.561. The molecular weight excluding hydrogens is 551 g/mol. The van der Waals surface area contributed by atoms with E-state index in [9.17, 15) is 4.39 Å². The first-order valence-electron chi connectivity index (χ1n) is 14.1. The Morgan fingerprint density at radius 1 is 0.535 bits per heavy atom. The van der Waals surface area contributed by atoms with E-state index in [1.165, 1.54) is 11.6 Å². The molecule has 0 saturated heterocycles. The first kappa shape index (κ1) is 29.8. The van der Waals surface area contributed by atoms with Crippen LogP contribution < -0.4 is 0 Å². The molecule has 0 spiro atoms. The molecular formula is C38H29F5. The molecule has 0 atom stereocenters. The summed E-state index contributed by atoms with van der Waals surface area (Å²) in [6.45, 7) is 5.57. The van der Waals surface area contributed by atoms with Crippen LogP contribution in [-0.4, -0.2) is 0 Å². The molecule has 0 aromatic heterocycles. The number of hydrogen-bond acceptors (Lipinski definition) is 0. The molecule has 0 heterocycles. The van der Waals surface area contributed by atoms with E-state index in [-0.39, 0.29) is 5.56 Å². The summed E-state index contributed by atoms with van der Waals surface area (Å²) in [6, 6.07) is 23.2. The van der Waals surface area contributed by atoms with Crippen molar-refractivity contribution in [3.05, 3.63) is 153 Å². The monoisotopic (exact) mass is 580 g/mol. The zero-order valence-electron chi connectivity index (χ0n) is 24.1. The molecule has 0 aliphatic rings. The zero-order valence-corrected chi connectivity index (χ0v) is 24.1. The second-order valence-electron chi connectivity index (χ2n) is 10.7. The topological polar surface area (TPSA) is 0 Å². The van der Waals surface area contributed by atoms with Crippen LogP contribution >= 0.6 is 0 Å². The molecule has 0 saturated carbocycles. The third kappa shape index (κ3) is 6.70. The third-order valence-electron chi connectivity index (χ3n) is 7.54. The van der Waals surface area contributed by atoms with Crippen molar-refractivity contribution in [2.45, 2.75) is 40.0 Å².